The van der Waals surface area contributed by atoms with Crippen molar-refractivity contribution in [2.75, 3.05) is 45.2 Å². The van der Waals surface area contributed by atoms with Gasteiger partial charge in [0.2, 0.25) is 0 Å². The first-order valence-electron chi connectivity index (χ1n) is 8.46. The highest BCUT2D eigenvalue weighted by Crippen LogP contribution is 2.14. The summed E-state index contributed by atoms with van der Waals surface area (Å²) in [4.78, 5) is 9.34. The topological polar surface area (TPSA) is 40.6 Å². The Morgan fingerprint density at radius 3 is 2.54 bits per heavy atom. The number of nitrogens with zero attached hydrogens (tertiary/aromatic N) is 3. The van der Waals surface area contributed by atoms with Gasteiger partial charge in [0, 0.05) is 45.5 Å². The summed E-state index contributed by atoms with van der Waals surface area (Å²) in [5.74, 6) is 1.98. The van der Waals surface area contributed by atoms with Crippen LogP contribution in [-0.2, 0) is 13.1 Å². The molecule has 1 aliphatic heterocycles. The third-order valence-electron chi connectivity index (χ3n) is 4.43. The molecule has 5 heteroatoms. The van der Waals surface area contributed by atoms with Gasteiger partial charge < -0.3 is 19.9 Å². The zero-order valence-electron chi connectivity index (χ0n) is 14.5. The second-order valence-electron chi connectivity index (χ2n) is 6.27. The Labute approximate surface area is 144 Å². The molecule has 0 radical (unpaired) electrons. The van der Waals surface area contributed by atoms with Crippen molar-refractivity contribution in [1.29, 1.82) is 0 Å². The normalized spacial score (nSPS) is 15.5. The number of rotatable bonds is 6. The highest BCUT2D eigenvalue weighted by molar-refractivity contribution is 5.40. The van der Waals surface area contributed by atoms with Crippen LogP contribution in [0.15, 0.2) is 42.6 Å². The molecule has 2 aromatic rings. The van der Waals surface area contributed by atoms with Gasteiger partial charge in [-0.1, -0.05) is 18.2 Å². The standard InChI is InChI=1S/C19H26N4O/c1-22-8-10-23(11-9-22)19-7-6-17(15-21-19)14-20-13-16-4-3-5-18(12-16)24-2/h3-7,12,15,20H,8-11,13-14H2,1-2H3. The van der Waals surface area contributed by atoms with Crippen LogP contribution in [0, 0.1) is 0 Å². The maximum Gasteiger partial charge on any atom is 0.128 e. The molecular weight excluding hydrogens is 300 g/mol. The number of hydrogen-bond donors (Lipinski definition) is 1. The number of anilines is 1. The third-order valence-corrected chi connectivity index (χ3v) is 4.43. The predicted octanol–water partition coefficient (Wildman–Crippen LogP) is 2.13. The van der Waals surface area contributed by atoms with E-state index >= 15 is 0 Å². The van der Waals surface area contributed by atoms with E-state index in [-0.39, 0.29) is 0 Å². The maximum absolute atomic E-state index is 5.25. The second-order valence-corrected chi connectivity index (χ2v) is 6.27. The number of piperazine rings is 1. The molecule has 1 aromatic heterocycles. The Morgan fingerprint density at radius 2 is 1.83 bits per heavy atom. The molecular formula is C19H26N4O. The van der Waals surface area contributed by atoms with Gasteiger partial charge in [0.25, 0.3) is 0 Å². The molecule has 0 atom stereocenters. The number of pyridine rings is 1. The largest absolute Gasteiger partial charge is 0.497 e. The predicted molar refractivity (Wildman–Crippen MR) is 97.5 cm³/mol. The lowest BCUT2D eigenvalue weighted by Crippen LogP contribution is -2.44. The van der Waals surface area contributed by atoms with E-state index in [1.165, 1.54) is 11.1 Å². The molecule has 2 heterocycles. The van der Waals surface area contributed by atoms with Crippen molar-refractivity contribution in [3.63, 3.8) is 0 Å². The van der Waals surface area contributed by atoms with Crippen LogP contribution in [0.3, 0.4) is 0 Å². The minimum Gasteiger partial charge on any atom is -0.497 e. The van der Waals surface area contributed by atoms with E-state index in [4.69, 9.17) is 4.74 Å². The number of methoxy groups -OCH3 is 1. The lowest BCUT2D eigenvalue weighted by molar-refractivity contribution is 0.312. The molecule has 128 valence electrons. The quantitative estimate of drug-likeness (QED) is 0.881. The van der Waals surface area contributed by atoms with Crippen molar-refractivity contribution in [3.05, 3.63) is 53.7 Å². The number of aromatic nitrogens is 1. The number of nitrogens with one attached hydrogen (secondary N) is 1. The molecule has 1 aromatic carbocycles. The summed E-state index contributed by atoms with van der Waals surface area (Å²) in [6.07, 6.45) is 1.98. The van der Waals surface area contributed by atoms with E-state index in [0.717, 1.165) is 50.8 Å². The molecule has 0 spiro atoms. The van der Waals surface area contributed by atoms with Crippen molar-refractivity contribution in [2.24, 2.45) is 0 Å². The average Bonchev–Trinajstić information content (AvgIpc) is 2.63. The molecule has 1 saturated heterocycles. The minimum absolute atomic E-state index is 0.813. The van der Waals surface area contributed by atoms with Gasteiger partial charge in [0.15, 0.2) is 0 Å². The minimum atomic E-state index is 0.813. The Balaban J connectivity index is 1.49. The fourth-order valence-electron chi connectivity index (χ4n) is 2.88. The van der Waals surface area contributed by atoms with Gasteiger partial charge in [-0.05, 0) is 36.4 Å². The number of likely N-dealkylation sites (N-methyl/N-ethyl adjacent to an activating group) is 1. The van der Waals surface area contributed by atoms with Gasteiger partial charge in [0.05, 0.1) is 7.11 Å². The van der Waals surface area contributed by atoms with Crippen LogP contribution in [0.25, 0.3) is 0 Å². The summed E-state index contributed by atoms with van der Waals surface area (Å²) in [5.41, 5.74) is 2.42. The summed E-state index contributed by atoms with van der Waals surface area (Å²) in [7, 11) is 3.86. The third kappa shape index (κ3) is 4.46. The van der Waals surface area contributed by atoms with E-state index in [9.17, 15) is 0 Å². The van der Waals surface area contributed by atoms with Gasteiger partial charge in [-0.15, -0.1) is 0 Å². The maximum atomic E-state index is 5.25. The van der Waals surface area contributed by atoms with Crippen molar-refractivity contribution >= 4 is 5.82 Å². The van der Waals surface area contributed by atoms with Gasteiger partial charge in [0.1, 0.15) is 11.6 Å². The van der Waals surface area contributed by atoms with E-state index in [0.29, 0.717) is 0 Å². The fourth-order valence-corrected chi connectivity index (χ4v) is 2.88. The highest BCUT2D eigenvalue weighted by Gasteiger charge is 2.14. The van der Waals surface area contributed by atoms with Crippen LogP contribution >= 0.6 is 0 Å². The molecule has 1 aliphatic rings. The summed E-state index contributed by atoms with van der Waals surface area (Å²) in [6.45, 7) is 5.94. The Bertz CT molecular complexity index is 636. The van der Waals surface area contributed by atoms with Crippen molar-refractivity contribution < 1.29 is 4.74 Å². The first-order valence-corrected chi connectivity index (χ1v) is 8.46. The lowest BCUT2D eigenvalue weighted by atomic mass is 10.2. The monoisotopic (exact) mass is 326 g/mol. The van der Waals surface area contributed by atoms with E-state index in [1.54, 1.807) is 7.11 Å². The molecule has 24 heavy (non-hydrogen) atoms. The van der Waals surface area contributed by atoms with Gasteiger partial charge >= 0.3 is 0 Å². The van der Waals surface area contributed by atoms with Crippen molar-refractivity contribution in [3.8, 4) is 5.75 Å². The summed E-state index contributed by atoms with van der Waals surface area (Å²) >= 11 is 0. The van der Waals surface area contributed by atoms with Gasteiger partial charge in [-0.3, -0.25) is 0 Å². The number of hydrogen-bond acceptors (Lipinski definition) is 5. The first-order chi connectivity index (χ1) is 11.7. The summed E-state index contributed by atoms with van der Waals surface area (Å²) < 4.78 is 5.25. The Kier molecular flexibility index (Phi) is 5.67. The molecule has 5 nitrogen and oxygen atoms in total. The molecule has 0 bridgehead atoms. The molecule has 1 fully saturated rings. The van der Waals surface area contributed by atoms with Gasteiger partial charge in [-0.25, -0.2) is 4.98 Å². The molecule has 0 unspecified atom stereocenters. The van der Waals surface area contributed by atoms with Crippen LogP contribution in [0.5, 0.6) is 5.75 Å². The molecule has 0 aliphatic carbocycles. The second kappa shape index (κ2) is 8.13. The van der Waals surface area contributed by atoms with Crippen molar-refractivity contribution in [2.45, 2.75) is 13.1 Å². The SMILES string of the molecule is COc1cccc(CNCc2ccc(N3CCN(C)CC3)nc2)c1. The van der Waals surface area contributed by atoms with Crippen LogP contribution in [-0.4, -0.2) is 50.2 Å². The summed E-state index contributed by atoms with van der Waals surface area (Å²) in [6, 6.07) is 12.4. The van der Waals surface area contributed by atoms with E-state index < -0.39 is 0 Å². The van der Waals surface area contributed by atoms with Crippen molar-refractivity contribution in [1.82, 2.24) is 15.2 Å². The fraction of sp³-hybridized carbons (Fsp3) is 0.421. The Morgan fingerprint density at radius 1 is 1.04 bits per heavy atom. The lowest BCUT2D eigenvalue weighted by Gasteiger charge is -2.33. The van der Waals surface area contributed by atoms with Gasteiger partial charge in [-0.2, -0.15) is 0 Å². The first kappa shape index (κ1) is 16.7. The van der Waals surface area contributed by atoms with Crippen LogP contribution in [0.4, 0.5) is 5.82 Å². The highest BCUT2D eigenvalue weighted by atomic mass is 16.5. The zero-order valence-corrected chi connectivity index (χ0v) is 14.5. The van der Waals surface area contributed by atoms with Crippen LogP contribution in [0.2, 0.25) is 0 Å². The summed E-state index contributed by atoms with van der Waals surface area (Å²) in [5, 5.41) is 3.46. The van der Waals surface area contributed by atoms with E-state index in [1.807, 2.05) is 18.3 Å². The molecule has 0 saturated carbocycles. The van der Waals surface area contributed by atoms with Crippen LogP contribution in [0.1, 0.15) is 11.1 Å². The van der Waals surface area contributed by atoms with E-state index in [2.05, 4.69) is 51.4 Å². The zero-order chi connectivity index (χ0) is 16.8. The smallest absolute Gasteiger partial charge is 0.128 e. The number of benzene rings is 1. The molecule has 1 N–H and O–H groups in total. The Hall–Kier alpha value is -2.11. The molecule has 0 amide bonds. The number of ether oxygens (including phenoxy) is 1. The molecule has 3 rings (SSSR count). The average molecular weight is 326 g/mol. The van der Waals surface area contributed by atoms with Crippen LogP contribution < -0.4 is 15.0 Å².